The minimum Gasteiger partial charge on any atom is -0.444 e. The highest BCUT2D eigenvalue weighted by Crippen LogP contribution is 2.06. The molecule has 1 amide bonds. The zero-order valence-corrected chi connectivity index (χ0v) is 13.8. The first-order chi connectivity index (χ1) is 9.04. The van der Waals surface area contributed by atoms with Crippen molar-refractivity contribution in [1.82, 2.24) is 14.9 Å². The fourth-order valence-electron chi connectivity index (χ4n) is 1.23. The van der Waals surface area contributed by atoms with E-state index in [0.29, 0.717) is 26.1 Å². The van der Waals surface area contributed by atoms with Gasteiger partial charge in [0.15, 0.2) is 0 Å². The van der Waals surface area contributed by atoms with Gasteiger partial charge in [0, 0.05) is 27.2 Å². The van der Waals surface area contributed by atoms with Crippen LogP contribution in [0.4, 0.5) is 4.79 Å². The molecule has 0 aliphatic heterocycles. The number of nitrogens with zero attached hydrogens (tertiary/aromatic N) is 1. The van der Waals surface area contributed by atoms with E-state index in [9.17, 15) is 13.2 Å². The number of rotatable bonds is 8. The molecule has 2 N–H and O–H groups in total. The monoisotopic (exact) mass is 309 g/mol. The number of alkyl carbamates (subject to hydrolysis) is 1. The maximum Gasteiger partial charge on any atom is 0.407 e. The fraction of sp³-hybridized carbons (Fsp3) is 0.917. The summed E-state index contributed by atoms with van der Waals surface area (Å²) in [5, 5.41) is 5.66. The highest BCUT2D eigenvalue weighted by Gasteiger charge is 2.15. The van der Waals surface area contributed by atoms with Crippen LogP contribution in [0.1, 0.15) is 27.2 Å². The third-order valence-corrected chi connectivity index (χ3v) is 4.12. The van der Waals surface area contributed by atoms with Gasteiger partial charge in [-0.3, -0.25) is 0 Å². The van der Waals surface area contributed by atoms with E-state index < -0.39 is 21.7 Å². The highest BCUT2D eigenvalue weighted by molar-refractivity contribution is 7.89. The van der Waals surface area contributed by atoms with Crippen LogP contribution >= 0.6 is 0 Å². The van der Waals surface area contributed by atoms with Crippen LogP contribution in [-0.4, -0.2) is 63.9 Å². The first-order valence-electron chi connectivity index (χ1n) is 6.62. The van der Waals surface area contributed by atoms with E-state index in [1.807, 2.05) is 0 Å². The van der Waals surface area contributed by atoms with Crippen LogP contribution in [0.5, 0.6) is 0 Å². The molecule has 0 aromatic carbocycles. The molecule has 0 saturated heterocycles. The van der Waals surface area contributed by atoms with Crippen molar-refractivity contribution >= 4 is 16.1 Å². The smallest absolute Gasteiger partial charge is 0.407 e. The largest absolute Gasteiger partial charge is 0.444 e. The van der Waals surface area contributed by atoms with E-state index in [4.69, 9.17) is 4.74 Å². The third kappa shape index (κ3) is 9.99. The molecular weight excluding hydrogens is 282 g/mol. The molecule has 0 heterocycles. The van der Waals surface area contributed by atoms with Crippen molar-refractivity contribution in [3.8, 4) is 0 Å². The van der Waals surface area contributed by atoms with Crippen LogP contribution in [-0.2, 0) is 14.8 Å². The van der Waals surface area contributed by atoms with Gasteiger partial charge in [-0.15, -0.1) is 0 Å². The molecule has 0 rings (SSSR count). The van der Waals surface area contributed by atoms with E-state index in [1.165, 1.54) is 18.4 Å². The second-order valence-electron chi connectivity index (χ2n) is 5.63. The van der Waals surface area contributed by atoms with Gasteiger partial charge in [0.05, 0.1) is 5.75 Å². The maximum atomic E-state index is 11.5. The number of amides is 1. The Balaban J connectivity index is 3.58. The zero-order valence-electron chi connectivity index (χ0n) is 13.0. The molecule has 0 unspecified atom stereocenters. The van der Waals surface area contributed by atoms with Crippen LogP contribution in [0.2, 0.25) is 0 Å². The van der Waals surface area contributed by atoms with Gasteiger partial charge in [0.1, 0.15) is 5.60 Å². The Bertz CT molecular complexity index is 388. The normalized spacial score (nSPS) is 12.5. The fourth-order valence-corrected chi connectivity index (χ4v) is 1.99. The third-order valence-electron chi connectivity index (χ3n) is 2.29. The van der Waals surface area contributed by atoms with Gasteiger partial charge in [0.25, 0.3) is 0 Å². The Labute approximate surface area is 122 Å². The summed E-state index contributed by atoms with van der Waals surface area (Å²) in [6.07, 6.45) is 0.272. The van der Waals surface area contributed by atoms with Gasteiger partial charge in [-0.1, -0.05) is 0 Å². The van der Waals surface area contributed by atoms with Crippen LogP contribution in [0.15, 0.2) is 0 Å². The van der Waals surface area contributed by atoms with Gasteiger partial charge in [0.2, 0.25) is 10.0 Å². The molecule has 0 aliphatic carbocycles. The topological polar surface area (TPSA) is 87.7 Å². The Morgan fingerprint density at radius 3 is 2.25 bits per heavy atom. The zero-order chi connectivity index (χ0) is 15.8. The van der Waals surface area contributed by atoms with Crippen molar-refractivity contribution < 1.29 is 17.9 Å². The molecule has 0 spiro atoms. The number of carbonyl (C=O) groups excluding carboxylic acids is 1. The van der Waals surface area contributed by atoms with E-state index in [2.05, 4.69) is 10.6 Å². The summed E-state index contributed by atoms with van der Waals surface area (Å²) < 4.78 is 29.2. The quantitative estimate of drug-likeness (QED) is 0.633. The Kier molecular flexibility index (Phi) is 8.07. The van der Waals surface area contributed by atoms with E-state index in [-0.39, 0.29) is 5.75 Å². The van der Waals surface area contributed by atoms with Crippen molar-refractivity contribution in [3.63, 3.8) is 0 Å². The van der Waals surface area contributed by atoms with Crippen LogP contribution in [0.3, 0.4) is 0 Å². The first kappa shape index (κ1) is 19.1. The van der Waals surface area contributed by atoms with Crippen molar-refractivity contribution in [2.75, 3.05) is 39.5 Å². The summed E-state index contributed by atoms with van der Waals surface area (Å²) in [5.41, 5.74) is -0.497. The molecule has 120 valence electrons. The Hall–Kier alpha value is -0.860. The van der Waals surface area contributed by atoms with Gasteiger partial charge < -0.3 is 15.4 Å². The number of hydrogen-bond acceptors (Lipinski definition) is 5. The molecule has 0 fully saturated rings. The SMILES string of the molecule is CN(C)S(=O)(=O)CCNCCCNC(=O)OC(C)(C)C. The number of nitrogens with one attached hydrogen (secondary N) is 2. The number of ether oxygens (including phenoxy) is 1. The molecule has 0 atom stereocenters. The molecule has 20 heavy (non-hydrogen) atoms. The van der Waals surface area contributed by atoms with Gasteiger partial charge in [-0.05, 0) is 33.7 Å². The first-order valence-corrected chi connectivity index (χ1v) is 8.23. The number of carbonyl (C=O) groups is 1. The number of hydrogen-bond donors (Lipinski definition) is 2. The molecular formula is C12H27N3O4S. The summed E-state index contributed by atoms with van der Waals surface area (Å²) in [5.74, 6) is 0.0689. The summed E-state index contributed by atoms with van der Waals surface area (Å²) in [6, 6.07) is 0. The predicted octanol–water partition coefficient (Wildman–Crippen LogP) is 0.382. The van der Waals surface area contributed by atoms with E-state index in [0.717, 1.165) is 0 Å². The number of sulfonamides is 1. The second kappa shape index (κ2) is 8.43. The highest BCUT2D eigenvalue weighted by atomic mass is 32.2. The molecule has 0 bridgehead atoms. The molecule has 7 nitrogen and oxygen atoms in total. The Morgan fingerprint density at radius 2 is 1.75 bits per heavy atom. The summed E-state index contributed by atoms with van der Waals surface area (Å²) in [6.45, 7) is 6.94. The Morgan fingerprint density at radius 1 is 1.15 bits per heavy atom. The van der Waals surface area contributed by atoms with Crippen molar-refractivity contribution in [3.05, 3.63) is 0 Å². The van der Waals surface area contributed by atoms with Gasteiger partial charge in [-0.25, -0.2) is 17.5 Å². The molecule has 0 aliphatic rings. The standard InChI is InChI=1S/C12H27N3O4S/c1-12(2,3)19-11(16)14-8-6-7-13-9-10-20(17,18)15(4)5/h13H,6-10H2,1-5H3,(H,14,16). The maximum absolute atomic E-state index is 11.5. The molecule has 0 aromatic rings. The van der Waals surface area contributed by atoms with Crippen molar-refractivity contribution in [2.45, 2.75) is 32.8 Å². The summed E-state index contributed by atoms with van der Waals surface area (Å²) >= 11 is 0. The molecule has 8 heteroatoms. The lowest BCUT2D eigenvalue weighted by Gasteiger charge is -2.19. The molecule has 0 saturated carbocycles. The molecule has 0 radical (unpaired) electrons. The van der Waals surface area contributed by atoms with Crippen molar-refractivity contribution in [1.29, 1.82) is 0 Å². The van der Waals surface area contributed by atoms with Crippen LogP contribution in [0.25, 0.3) is 0 Å². The summed E-state index contributed by atoms with van der Waals surface area (Å²) in [4.78, 5) is 11.3. The minimum absolute atomic E-state index is 0.0689. The van der Waals surface area contributed by atoms with Gasteiger partial charge >= 0.3 is 6.09 Å². The summed E-state index contributed by atoms with van der Waals surface area (Å²) in [7, 11) is -0.116. The lowest BCUT2D eigenvalue weighted by molar-refractivity contribution is 0.0527. The van der Waals surface area contributed by atoms with E-state index >= 15 is 0 Å². The van der Waals surface area contributed by atoms with Crippen LogP contribution in [0, 0.1) is 0 Å². The lowest BCUT2D eigenvalue weighted by atomic mass is 10.2. The second-order valence-corrected chi connectivity index (χ2v) is 7.93. The minimum atomic E-state index is -3.14. The predicted molar refractivity (Wildman–Crippen MR) is 79.2 cm³/mol. The average Bonchev–Trinajstić information content (AvgIpc) is 2.24. The van der Waals surface area contributed by atoms with Gasteiger partial charge in [-0.2, -0.15) is 0 Å². The van der Waals surface area contributed by atoms with E-state index in [1.54, 1.807) is 20.8 Å². The average molecular weight is 309 g/mol. The lowest BCUT2D eigenvalue weighted by Crippen LogP contribution is -2.35. The van der Waals surface area contributed by atoms with Crippen LogP contribution < -0.4 is 10.6 Å². The van der Waals surface area contributed by atoms with Crippen molar-refractivity contribution in [2.24, 2.45) is 0 Å². The molecule has 0 aromatic heterocycles.